The van der Waals surface area contributed by atoms with Gasteiger partial charge in [0.05, 0.1) is 12.2 Å². The number of Topliss-reactive ketones (excluding diaryl/α,β-unsaturated/α-hetero) is 1. The lowest BCUT2D eigenvalue weighted by Gasteiger charge is -2.21. The predicted octanol–water partition coefficient (Wildman–Crippen LogP) is 3.90. The molecule has 0 saturated carbocycles. The van der Waals surface area contributed by atoms with Crippen molar-refractivity contribution in [2.45, 2.75) is 72.0 Å². The molecule has 1 aliphatic heterocycles. The van der Waals surface area contributed by atoms with Crippen molar-refractivity contribution in [3.8, 4) is 0 Å². The summed E-state index contributed by atoms with van der Waals surface area (Å²) in [4.78, 5) is 10.9. The molecule has 0 radical (unpaired) electrons. The SMILES string of the molecule is C=C1CC(CCC(C)=O)OC1CCC(C)(C)C. The van der Waals surface area contributed by atoms with Crippen molar-refractivity contribution in [3.63, 3.8) is 0 Å². The van der Waals surface area contributed by atoms with Crippen molar-refractivity contribution in [2.75, 3.05) is 0 Å². The maximum absolute atomic E-state index is 10.9. The van der Waals surface area contributed by atoms with Crippen LogP contribution in [-0.2, 0) is 9.53 Å². The minimum Gasteiger partial charge on any atom is -0.370 e. The molecule has 2 unspecified atom stereocenters. The highest BCUT2D eigenvalue weighted by molar-refractivity contribution is 5.75. The summed E-state index contributed by atoms with van der Waals surface area (Å²) in [6.45, 7) is 12.5. The molecule has 2 nitrogen and oxygen atoms in total. The van der Waals surface area contributed by atoms with E-state index in [2.05, 4.69) is 27.4 Å². The lowest BCUT2D eigenvalue weighted by molar-refractivity contribution is -0.117. The van der Waals surface area contributed by atoms with E-state index in [4.69, 9.17) is 4.74 Å². The number of hydrogen-bond donors (Lipinski definition) is 0. The largest absolute Gasteiger partial charge is 0.370 e. The number of ketones is 1. The second kappa shape index (κ2) is 5.81. The van der Waals surface area contributed by atoms with Gasteiger partial charge in [-0.2, -0.15) is 0 Å². The first-order valence-corrected chi connectivity index (χ1v) is 6.60. The minimum atomic E-state index is 0.214. The van der Waals surface area contributed by atoms with Gasteiger partial charge in [-0.25, -0.2) is 0 Å². The molecule has 2 heteroatoms. The van der Waals surface area contributed by atoms with Gasteiger partial charge in [-0.05, 0) is 43.6 Å². The van der Waals surface area contributed by atoms with Gasteiger partial charge < -0.3 is 9.53 Å². The van der Waals surface area contributed by atoms with Crippen molar-refractivity contribution in [1.29, 1.82) is 0 Å². The van der Waals surface area contributed by atoms with Crippen LogP contribution < -0.4 is 0 Å². The molecule has 1 fully saturated rings. The molecule has 1 aliphatic rings. The van der Waals surface area contributed by atoms with Gasteiger partial charge in [0.25, 0.3) is 0 Å². The summed E-state index contributed by atoms with van der Waals surface area (Å²) in [6, 6.07) is 0. The van der Waals surface area contributed by atoms with Crippen LogP contribution in [0.2, 0.25) is 0 Å². The zero-order valence-electron chi connectivity index (χ0n) is 11.7. The van der Waals surface area contributed by atoms with Gasteiger partial charge in [0.15, 0.2) is 0 Å². The normalized spacial score (nSPS) is 25.3. The summed E-state index contributed by atoms with van der Waals surface area (Å²) in [5.74, 6) is 0.248. The summed E-state index contributed by atoms with van der Waals surface area (Å²) >= 11 is 0. The fourth-order valence-electron chi connectivity index (χ4n) is 2.17. The second-order valence-corrected chi connectivity index (χ2v) is 6.45. The standard InChI is InChI=1S/C15H26O2/c1-11-10-13(7-6-12(2)16)17-14(11)8-9-15(3,4)5/h13-14H,1,6-10H2,2-5H3. The van der Waals surface area contributed by atoms with E-state index in [0.29, 0.717) is 11.8 Å². The summed E-state index contributed by atoms with van der Waals surface area (Å²) < 4.78 is 5.97. The van der Waals surface area contributed by atoms with Crippen LogP contribution in [0.1, 0.15) is 59.8 Å². The van der Waals surface area contributed by atoms with Crippen LogP contribution in [-0.4, -0.2) is 18.0 Å². The molecule has 2 atom stereocenters. The molecule has 0 aromatic heterocycles. The Morgan fingerprint density at radius 3 is 2.59 bits per heavy atom. The molecule has 0 aromatic rings. The summed E-state index contributed by atoms with van der Waals surface area (Å²) in [5, 5.41) is 0. The highest BCUT2D eigenvalue weighted by Gasteiger charge is 2.29. The number of carbonyl (C=O) groups excluding carboxylic acids is 1. The molecule has 17 heavy (non-hydrogen) atoms. The first kappa shape index (κ1) is 14.4. The van der Waals surface area contributed by atoms with Crippen molar-refractivity contribution in [3.05, 3.63) is 12.2 Å². The van der Waals surface area contributed by atoms with E-state index < -0.39 is 0 Å². The molecule has 0 amide bonds. The molecule has 0 N–H and O–H groups in total. The lowest BCUT2D eigenvalue weighted by atomic mass is 9.88. The first-order chi connectivity index (χ1) is 7.78. The Balaban J connectivity index is 2.34. The topological polar surface area (TPSA) is 26.3 Å². The summed E-state index contributed by atoms with van der Waals surface area (Å²) in [7, 11) is 0. The lowest BCUT2D eigenvalue weighted by Crippen LogP contribution is -2.15. The Morgan fingerprint density at radius 1 is 1.41 bits per heavy atom. The average Bonchev–Trinajstić information content (AvgIpc) is 2.52. The maximum Gasteiger partial charge on any atom is 0.129 e. The molecule has 98 valence electrons. The van der Waals surface area contributed by atoms with E-state index in [1.807, 2.05) is 0 Å². The zero-order chi connectivity index (χ0) is 13.1. The van der Waals surface area contributed by atoms with Crippen LogP contribution in [0.4, 0.5) is 0 Å². The smallest absolute Gasteiger partial charge is 0.129 e. The molecular formula is C15H26O2. The highest BCUT2D eigenvalue weighted by atomic mass is 16.5. The average molecular weight is 238 g/mol. The minimum absolute atomic E-state index is 0.214. The molecule has 1 rings (SSSR count). The molecule has 1 heterocycles. The fraction of sp³-hybridized carbons (Fsp3) is 0.800. The predicted molar refractivity (Wildman–Crippen MR) is 71.0 cm³/mol. The Morgan fingerprint density at radius 2 is 2.06 bits per heavy atom. The van der Waals surface area contributed by atoms with Gasteiger partial charge in [0.1, 0.15) is 5.78 Å². The van der Waals surface area contributed by atoms with E-state index in [-0.39, 0.29) is 18.0 Å². The van der Waals surface area contributed by atoms with Gasteiger partial charge in [-0.15, -0.1) is 0 Å². The Labute approximate surface area is 105 Å². The van der Waals surface area contributed by atoms with Crippen LogP contribution in [0.3, 0.4) is 0 Å². The van der Waals surface area contributed by atoms with E-state index in [1.165, 1.54) is 5.57 Å². The highest BCUT2D eigenvalue weighted by Crippen LogP contribution is 2.32. The third kappa shape index (κ3) is 5.49. The third-order valence-corrected chi connectivity index (χ3v) is 3.28. The van der Waals surface area contributed by atoms with Crippen LogP contribution in [0.25, 0.3) is 0 Å². The molecule has 0 spiro atoms. The number of rotatable bonds is 5. The molecule has 0 bridgehead atoms. The molecule has 1 saturated heterocycles. The quantitative estimate of drug-likeness (QED) is 0.679. The van der Waals surface area contributed by atoms with Gasteiger partial charge in [-0.3, -0.25) is 0 Å². The monoisotopic (exact) mass is 238 g/mol. The van der Waals surface area contributed by atoms with Gasteiger partial charge >= 0.3 is 0 Å². The van der Waals surface area contributed by atoms with E-state index in [9.17, 15) is 4.79 Å². The van der Waals surface area contributed by atoms with Crippen LogP contribution in [0.15, 0.2) is 12.2 Å². The van der Waals surface area contributed by atoms with Gasteiger partial charge in [0, 0.05) is 6.42 Å². The zero-order valence-corrected chi connectivity index (χ0v) is 11.7. The molecule has 0 aromatic carbocycles. The number of hydrogen-bond acceptors (Lipinski definition) is 2. The summed E-state index contributed by atoms with van der Waals surface area (Å²) in [6.07, 6.45) is 5.05. The Hall–Kier alpha value is -0.630. The van der Waals surface area contributed by atoms with Crippen LogP contribution in [0.5, 0.6) is 0 Å². The summed E-state index contributed by atoms with van der Waals surface area (Å²) in [5.41, 5.74) is 1.56. The number of carbonyl (C=O) groups is 1. The van der Waals surface area contributed by atoms with Crippen LogP contribution in [0, 0.1) is 5.41 Å². The van der Waals surface area contributed by atoms with Crippen molar-refractivity contribution >= 4 is 5.78 Å². The van der Waals surface area contributed by atoms with Gasteiger partial charge in [0.2, 0.25) is 0 Å². The number of ether oxygens (including phenoxy) is 1. The van der Waals surface area contributed by atoms with Crippen molar-refractivity contribution < 1.29 is 9.53 Å². The van der Waals surface area contributed by atoms with E-state index >= 15 is 0 Å². The van der Waals surface area contributed by atoms with E-state index in [1.54, 1.807) is 6.92 Å². The fourth-order valence-corrected chi connectivity index (χ4v) is 2.17. The first-order valence-electron chi connectivity index (χ1n) is 6.60. The Kier molecular flexibility index (Phi) is 4.93. The molecule has 0 aliphatic carbocycles. The third-order valence-electron chi connectivity index (χ3n) is 3.28. The van der Waals surface area contributed by atoms with Crippen molar-refractivity contribution in [1.82, 2.24) is 0 Å². The second-order valence-electron chi connectivity index (χ2n) is 6.45. The van der Waals surface area contributed by atoms with Crippen LogP contribution >= 0.6 is 0 Å². The van der Waals surface area contributed by atoms with E-state index in [0.717, 1.165) is 25.7 Å². The maximum atomic E-state index is 10.9. The molecular weight excluding hydrogens is 212 g/mol. The van der Waals surface area contributed by atoms with Crippen molar-refractivity contribution in [2.24, 2.45) is 5.41 Å². The Bertz CT molecular complexity index is 286. The van der Waals surface area contributed by atoms with Gasteiger partial charge in [-0.1, -0.05) is 27.4 Å².